The van der Waals surface area contributed by atoms with Gasteiger partial charge in [0, 0.05) is 17.3 Å². The first kappa shape index (κ1) is 17.2. The van der Waals surface area contributed by atoms with Crippen molar-refractivity contribution >= 4 is 29.8 Å². The molecule has 0 aromatic heterocycles. The fourth-order valence-corrected chi connectivity index (χ4v) is 1.52. The van der Waals surface area contributed by atoms with E-state index in [1.54, 1.807) is 0 Å². The predicted octanol–water partition coefficient (Wildman–Crippen LogP) is 3.15. The highest BCUT2D eigenvalue weighted by atomic mass is 79.9. The van der Waals surface area contributed by atoms with Crippen LogP contribution in [-0.2, 0) is 9.53 Å². The van der Waals surface area contributed by atoms with Gasteiger partial charge in [0.1, 0.15) is 14.7 Å². The summed E-state index contributed by atoms with van der Waals surface area (Å²) in [6, 6.07) is 0. The van der Waals surface area contributed by atoms with Gasteiger partial charge < -0.3 is 4.74 Å². The van der Waals surface area contributed by atoms with E-state index >= 15 is 0 Å². The Morgan fingerprint density at radius 1 is 1.33 bits per heavy atom. The fraction of sp³-hybridized carbons (Fsp3) is 0.500. The lowest BCUT2D eigenvalue weighted by molar-refractivity contribution is -0.113. The lowest BCUT2D eigenvalue weighted by Gasteiger charge is -2.02. The predicted molar refractivity (Wildman–Crippen MR) is 82.0 cm³/mol. The van der Waals surface area contributed by atoms with Crippen LogP contribution in [0.5, 0.6) is 0 Å². The summed E-state index contributed by atoms with van der Waals surface area (Å²) in [5.74, 6) is 8.40. The number of rotatable bonds is 5. The molecule has 0 atom stereocenters. The smallest absolute Gasteiger partial charge is 0.205 e. The third kappa shape index (κ3) is 13.3. The number of ether oxygens (including phenoxy) is 1. The lowest BCUT2D eigenvalue weighted by atomic mass is 10.2. The van der Waals surface area contributed by atoms with E-state index in [1.807, 2.05) is 0 Å². The van der Waals surface area contributed by atoms with E-state index in [0.29, 0.717) is 26.1 Å². The Balaban J connectivity index is 3.78. The number of carbonyl (C=O) groups excluding carboxylic acids is 1. The van der Waals surface area contributed by atoms with Crippen LogP contribution in [0.1, 0.15) is 12.8 Å². The first-order valence-electron chi connectivity index (χ1n) is 5.74. The molecule has 0 aliphatic carbocycles. The summed E-state index contributed by atoms with van der Waals surface area (Å²) in [6.07, 6.45) is 0.938. The number of halogens is 1. The normalized spacial score (nSPS) is 9.78. The summed E-state index contributed by atoms with van der Waals surface area (Å²) in [5, 5.41) is 0. The molecule has 0 radical (unpaired) electrons. The van der Waals surface area contributed by atoms with E-state index in [4.69, 9.17) is 4.74 Å². The molecule has 4 heteroatoms. The Kier molecular flexibility index (Phi) is 8.75. The van der Waals surface area contributed by atoms with Gasteiger partial charge in [-0.05, 0) is 5.92 Å². The average molecular weight is 327 g/mol. The van der Waals surface area contributed by atoms with Crippen molar-refractivity contribution < 1.29 is 9.53 Å². The highest BCUT2D eigenvalue weighted by molar-refractivity contribution is 9.11. The maximum Gasteiger partial charge on any atom is 0.205 e. The molecule has 0 spiro atoms. The zero-order valence-electron chi connectivity index (χ0n) is 11.2. The minimum Gasteiger partial charge on any atom is -0.364 e. The molecule has 0 amide bonds. The molecular formula is C14H19BrO2Si. The van der Waals surface area contributed by atoms with Gasteiger partial charge in [0.2, 0.25) is 5.78 Å². The van der Waals surface area contributed by atoms with Gasteiger partial charge in [-0.2, -0.15) is 0 Å². The summed E-state index contributed by atoms with van der Waals surface area (Å²) in [6.45, 7) is 10.8. The second kappa shape index (κ2) is 9.16. The number of hydrogen-bond acceptors (Lipinski definition) is 2. The Bertz CT molecular complexity index is 413. The monoisotopic (exact) mass is 326 g/mol. The summed E-state index contributed by atoms with van der Waals surface area (Å²) in [7, 11) is -1.45. The summed E-state index contributed by atoms with van der Waals surface area (Å²) in [5.41, 5.74) is 3.05. The summed E-state index contributed by atoms with van der Waals surface area (Å²) >= 11 is 3.19. The highest BCUT2D eigenvalue weighted by Gasteiger charge is 2.08. The second-order valence-corrected chi connectivity index (χ2v) is 10.7. The molecule has 0 N–H and O–H groups in total. The van der Waals surface area contributed by atoms with Crippen LogP contribution in [0.3, 0.4) is 0 Å². The third-order valence-electron chi connectivity index (χ3n) is 1.61. The van der Waals surface area contributed by atoms with Crippen LogP contribution in [0.25, 0.3) is 0 Å². The maximum atomic E-state index is 11.4. The van der Waals surface area contributed by atoms with Gasteiger partial charge in [-0.1, -0.05) is 48.1 Å². The highest BCUT2D eigenvalue weighted by Crippen LogP contribution is 1.99. The molecule has 0 aliphatic rings. The molecule has 2 nitrogen and oxygen atoms in total. The van der Waals surface area contributed by atoms with Crippen molar-refractivity contribution in [3.63, 3.8) is 0 Å². The van der Waals surface area contributed by atoms with Crippen molar-refractivity contribution in [2.24, 2.45) is 0 Å². The Morgan fingerprint density at radius 3 is 2.56 bits per heavy atom. The summed E-state index contributed by atoms with van der Waals surface area (Å²) in [4.78, 5) is 11.4. The first-order valence-corrected chi connectivity index (χ1v) is 10.0. The van der Waals surface area contributed by atoms with Crippen molar-refractivity contribution in [2.45, 2.75) is 32.5 Å². The SMILES string of the molecule is C=C(Br)COCC#CCCC(=O)C#C[Si](C)(C)C. The van der Waals surface area contributed by atoms with Crippen LogP contribution in [0.4, 0.5) is 0 Å². The standard InChI is InChI=1S/C14H19BrO2Si/c1-13(15)12-17-10-7-5-6-8-14(16)9-11-18(2,3)4/h1,6,8,10,12H2,2-4H3. The van der Waals surface area contributed by atoms with Gasteiger partial charge in [0.05, 0.1) is 6.61 Å². The quantitative estimate of drug-likeness (QED) is 0.440. The molecule has 0 saturated carbocycles. The van der Waals surface area contributed by atoms with Gasteiger partial charge in [-0.3, -0.25) is 4.79 Å². The molecule has 18 heavy (non-hydrogen) atoms. The molecule has 0 saturated heterocycles. The van der Waals surface area contributed by atoms with Crippen molar-refractivity contribution in [1.82, 2.24) is 0 Å². The van der Waals surface area contributed by atoms with Crippen LogP contribution in [0, 0.1) is 23.3 Å². The van der Waals surface area contributed by atoms with Crippen molar-refractivity contribution in [3.8, 4) is 23.3 Å². The van der Waals surface area contributed by atoms with Gasteiger partial charge >= 0.3 is 0 Å². The Morgan fingerprint density at radius 2 is 2.00 bits per heavy atom. The third-order valence-corrected chi connectivity index (χ3v) is 2.72. The zero-order valence-corrected chi connectivity index (χ0v) is 13.8. The fourth-order valence-electron chi connectivity index (χ4n) is 0.848. The van der Waals surface area contributed by atoms with Gasteiger partial charge in [-0.25, -0.2) is 0 Å². The van der Waals surface area contributed by atoms with Gasteiger partial charge in [-0.15, -0.1) is 11.5 Å². The minimum atomic E-state index is -1.45. The van der Waals surface area contributed by atoms with E-state index in [-0.39, 0.29) is 5.78 Å². The molecule has 0 rings (SSSR count). The van der Waals surface area contributed by atoms with Crippen LogP contribution in [0.15, 0.2) is 11.1 Å². The number of hydrogen-bond donors (Lipinski definition) is 0. The summed E-state index contributed by atoms with van der Waals surface area (Å²) < 4.78 is 5.96. The number of ketones is 1. The molecular weight excluding hydrogens is 308 g/mol. The maximum absolute atomic E-state index is 11.4. The lowest BCUT2D eigenvalue weighted by Crippen LogP contribution is -2.17. The molecule has 0 aromatic rings. The van der Waals surface area contributed by atoms with Crippen LogP contribution in [-0.4, -0.2) is 27.1 Å². The van der Waals surface area contributed by atoms with Crippen molar-refractivity contribution in [2.75, 3.05) is 13.2 Å². The van der Waals surface area contributed by atoms with E-state index in [2.05, 4.69) is 65.5 Å². The molecule has 0 bridgehead atoms. The molecule has 0 aromatic carbocycles. The minimum absolute atomic E-state index is 0.0264. The number of Topliss-reactive ketones (excluding diaryl/α,β-unsaturated/α-hetero) is 1. The largest absolute Gasteiger partial charge is 0.364 e. The Labute approximate surface area is 119 Å². The van der Waals surface area contributed by atoms with Crippen LogP contribution >= 0.6 is 15.9 Å². The van der Waals surface area contributed by atoms with Crippen LogP contribution < -0.4 is 0 Å². The average Bonchev–Trinajstić information content (AvgIpc) is 2.23. The van der Waals surface area contributed by atoms with Crippen molar-refractivity contribution in [3.05, 3.63) is 11.1 Å². The molecule has 0 fully saturated rings. The topological polar surface area (TPSA) is 26.3 Å². The molecule has 0 aliphatic heterocycles. The molecule has 0 unspecified atom stereocenters. The van der Waals surface area contributed by atoms with E-state index in [9.17, 15) is 4.79 Å². The zero-order chi connectivity index (χ0) is 14.0. The van der Waals surface area contributed by atoms with Crippen molar-refractivity contribution in [1.29, 1.82) is 0 Å². The van der Waals surface area contributed by atoms with Crippen LogP contribution in [0.2, 0.25) is 19.6 Å². The number of carbonyl (C=O) groups is 1. The van der Waals surface area contributed by atoms with E-state index < -0.39 is 8.07 Å². The molecule has 0 heterocycles. The molecule has 98 valence electrons. The first-order chi connectivity index (χ1) is 8.31. The van der Waals surface area contributed by atoms with Gasteiger partial charge in [0.15, 0.2) is 0 Å². The van der Waals surface area contributed by atoms with E-state index in [1.165, 1.54) is 0 Å². The van der Waals surface area contributed by atoms with E-state index in [0.717, 1.165) is 4.48 Å². The van der Waals surface area contributed by atoms with Gasteiger partial charge in [0.25, 0.3) is 0 Å². The Hall–Kier alpha value is -0.813. The second-order valence-electron chi connectivity index (χ2n) is 4.79.